The summed E-state index contributed by atoms with van der Waals surface area (Å²) in [4.78, 5) is 17.3. The number of ether oxygens (including phenoxy) is 1. The van der Waals surface area contributed by atoms with Crippen molar-refractivity contribution in [2.24, 2.45) is 14.1 Å². The van der Waals surface area contributed by atoms with E-state index in [0.29, 0.717) is 17.6 Å². The summed E-state index contributed by atoms with van der Waals surface area (Å²) < 4.78 is 9.79. The summed E-state index contributed by atoms with van der Waals surface area (Å²) in [5, 5.41) is 5.43. The fourth-order valence-corrected chi connectivity index (χ4v) is 4.20. The molecule has 0 aliphatic heterocycles. The zero-order valence-electron chi connectivity index (χ0n) is 21.2. The normalized spacial score (nSPS) is 10.8. The fraction of sp³-hybridized carbons (Fsp3) is 0.269. The zero-order valence-corrected chi connectivity index (χ0v) is 21.2. The molecule has 5 rings (SSSR count). The van der Waals surface area contributed by atoms with Crippen LogP contribution < -0.4 is 10.5 Å². The van der Waals surface area contributed by atoms with Gasteiger partial charge in [-0.3, -0.25) is 4.68 Å². The molecule has 0 unspecified atom stereocenters. The Labute approximate surface area is 204 Å². The van der Waals surface area contributed by atoms with Crippen LogP contribution in [0.4, 0.5) is 5.82 Å². The second kappa shape index (κ2) is 9.54. The van der Waals surface area contributed by atoms with E-state index in [4.69, 9.17) is 10.5 Å². The van der Waals surface area contributed by atoms with E-state index < -0.39 is 0 Å². The SMILES string of the molecule is CC.Cc1ccnc(Oc2ccc(-c3c(-c4c(C)c(C)nn4C)n(C)c4ncnc(N)c34)cc2)n1. The van der Waals surface area contributed by atoms with Gasteiger partial charge >= 0.3 is 6.01 Å². The van der Waals surface area contributed by atoms with E-state index in [1.807, 2.05) is 76.8 Å². The van der Waals surface area contributed by atoms with Gasteiger partial charge < -0.3 is 15.0 Å². The van der Waals surface area contributed by atoms with Crippen molar-refractivity contribution < 1.29 is 4.74 Å². The maximum Gasteiger partial charge on any atom is 0.322 e. The lowest BCUT2D eigenvalue weighted by molar-refractivity contribution is 0.440. The van der Waals surface area contributed by atoms with Gasteiger partial charge in [0.25, 0.3) is 0 Å². The molecule has 9 heteroatoms. The molecule has 0 aliphatic carbocycles. The Morgan fingerprint density at radius 2 is 1.60 bits per heavy atom. The number of hydrogen-bond acceptors (Lipinski definition) is 7. The Hall–Kier alpha value is -4.27. The predicted molar refractivity (Wildman–Crippen MR) is 138 cm³/mol. The number of nitrogens with zero attached hydrogens (tertiary/aromatic N) is 7. The molecule has 0 saturated heterocycles. The second-order valence-electron chi connectivity index (χ2n) is 8.03. The summed E-state index contributed by atoms with van der Waals surface area (Å²) >= 11 is 0. The third-order valence-corrected chi connectivity index (χ3v) is 5.87. The van der Waals surface area contributed by atoms with Crippen LogP contribution in [-0.2, 0) is 14.1 Å². The van der Waals surface area contributed by atoms with Gasteiger partial charge in [0, 0.05) is 31.5 Å². The molecule has 0 aliphatic rings. The van der Waals surface area contributed by atoms with Crippen LogP contribution in [0.1, 0.15) is 30.8 Å². The van der Waals surface area contributed by atoms with Crippen molar-refractivity contribution in [3.05, 3.63) is 59.8 Å². The number of benzene rings is 1. The van der Waals surface area contributed by atoms with Crippen LogP contribution in [0.2, 0.25) is 0 Å². The first-order chi connectivity index (χ1) is 16.8. The number of rotatable bonds is 4. The number of anilines is 1. The van der Waals surface area contributed by atoms with Gasteiger partial charge in [-0.25, -0.2) is 19.9 Å². The van der Waals surface area contributed by atoms with Gasteiger partial charge in [-0.2, -0.15) is 5.10 Å². The molecule has 180 valence electrons. The van der Waals surface area contributed by atoms with E-state index in [-0.39, 0.29) is 0 Å². The number of aryl methyl sites for hydroxylation is 4. The minimum atomic E-state index is 0.312. The van der Waals surface area contributed by atoms with Gasteiger partial charge in [0.05, 0.1) is 22.5 Å². The van der Waals surface area contributed by atoms with Crippen molar-refractivity contribution >= 4 is 16.9 Å². The average Bonchev–Trinajstić information content (AvgIpc) is 3.28. The Morgan fingerprint density at radius 1 is 0.886 bits per heavy atom. The molecular formula is C26H30N8O. The average molecular weight is 471 g/mol. The lowest BCUT2D eigenvalue weighted by Crippen LogP contribution is -2.01. The quantitative estimate of drug-likeness (QED) is 0.387. The van der Waals surface area contributed by atoms with Crippen molar-refractivity contribution in [1.29, 1.82) is 0 Å². The number of nitrogens with two attached hydrogens (primary N) is 1. The minimum Gasteiger partial charge on any atom is -0.424 e. The van der Waals surface area contributed by atoms with Crippen molar-refractivity contribution in [2.75, 3.05) is 5.73 Å². The lowest BCUT2D eigenvalue weighted by Gasteiger charge is -2.11. The molecule has 0 atom stereocenters. The minimum absolute atomic E-state index is 0.312. The van der Waals surface area contributed by atoms with Crippen LogP contribution in [-0.4, -0.2) is 34.3 Å². The summed E-state index contributed by atoms with van der Waals surface area (Å²) in [6, 6.07) is 9.91. The highest BCUT2D eigenvalue weighted by molar-refractivity contribution is 6.07. The number of nitrogen functional groups attached to an aromatic ring is 1. The second-order valence-corrected chi connectivity index (χ2v) is 8.03. The maximum atomic E-state index is 6.35. The van der Waals surface area contributed by atoms with Crippen LogP contribution >= 0.6 is 0 Å². The Bertz CT molecular complexity index is 1500. The highest BCUT2D eigenvalue weighted by Gasteiger charge is 2.25. The molecule has 0 saturated carbocycles. The molecule has 0 fully saturated rings. The Balaban J connectivity index is 0.00000141. The highest BCUT2D eigenvalue weighted by atomic mass is 16.5. The van der Waals surface area contributed by atoms with Gasteiger partial charge in [0.2, 0.25) is 0 Å². The van der Waals surface area contributed by atoms with E-state index in [1.54, 1.807) is 6.20 Å². The smallest absolute Gasteiger partial charge is 0.322 e. The van der Waals surface area contributed by atoms with E-state index >= 15 is 0 Å². The van der Waals surface area contributed by atoms with E-state index in [1.165, 1.54) is 6.33 Å². The molecule has 0 bridgehead atoms. The van der Waals surface area contributed by atoms with Gasteiger partial charge in [-0.15, -0.1) is 0 Å². The molecule has 0 amide bonds. The van der Waals surface area contributed by atoms with Crippen LogP contribution in [0.25, 0.3) is 33.5 Å². The summed E-state index contributed by atoms with van der Waals surface area (Å²) in [6.07, 6.45) is 3.17. The number of hydrogen-bond donors (Lipinski definition) is 1. The molecule has 0 radical (unpaired) electrons. The largest absolute Gasteiger partial charge is 0.424 e. The summed E-state index contributed by atoms with van der Waals surface area (Å²) in [5.41, 5.74) is 13.9. The summed E-state index contributed by atoms with van der Waals surface area (Å²) in [5.74, 6) is 1.07. The van der Waals surface area contributed by atoms with Gasteiger partial charge in [0.1, 0.15) is 23.5 Å². The third kappa shape index (κ3) is 4.21. The van der Waals surface area contributed by atoms with E-state index in [0.717, 1.165) is 50.5 Å². The molecule has 0 spiro atoms. The summed E-state index contributed by atoms with van der Waals surface area (Å²) in [7, 11) is 3.94. The molecule has 9 nitrogen and oxygen atoms in total. The zero-order chi connectivity index (χ0) is 25.3. The van der Waals surface area contributed by atoms with Crippen LogP contribution in [0.5, 0.6) is 11.8 Å². The van der Waals surface area contributed by atoms with Crippen molar-refractivity contribution in [3.8, 4) is 34.3 Å². The molecule has 2 N–H and O–H groups in total. The molecule has 35 heavy (non-hydrogen) atoms. The third-order valence-electron chi connectivity index (χ3n) is 5.87. The summed E-state index contributed by atoms with van der Waals surface area (Å²) in [6.45, 7) is 9.98. The van der Waals surface area contributed by atoms with Crippen molar-refractivity contribution in [2.45, 2.75) is 34.6 Å². The molecule has 4 heterocycles. The Morgan fingerprint density at radius 3 is 2.23 bits per heavy atom. The predicted octanol–water partition coefficient (Wildman–Crippen LogP) is 5.15. The molecular weight excluding hydrogens is 440 g/mol. The van der Waals surface area contributed by atoms with E-state index in [2.05, 4.69) is 36.5 Å². The molecule has 5 aromatic rings. The fourth-order valence-electron chi connectivity index (χ4n) is 4.20. The van der Waals surface area contributed by atoms with Crippen molar-refractivity contribution in [3.63, 3.8) is 0 Å². The van der Waals surface area contributed by atoms with Crippen LogP contribution in [0, 0.1) is 20.8 Å². The van der Waals surface area contributed by atoms with Gasteiger partial charge in [0.15, 0.2) is 0 Å². The molecule has 1 aromatic carbocycles. The first kappa shape index (κ1) is 23.9. The lowest BCUT2D eigenvalue weighted by atomic mass is 9.99. The monoisotopic (exact) mass is 470 g/mol. The van der Waals surface area contributed by atoms with Gasteiger partial charge in [-0.05, 0) is 50.1 Å². The van der Waals surface area contributed by atoms with Crippen molar-refractivity contribution in [1.82, 2.24) is 34.3 Å². The topological polar surface area (TPSA) is 110 Å². The number of fused-ring (bicyclic) bond motifs is 1. The van der Waals surface area contributed by atoms with Crippen LogP contribution in [0.15, 0.2) is 42.9 Å². The first-order valence-electron chi connectivity index (χ1n) is 11.5. The first-order valence-corrected chi connectivity index (χ1v) is 11.5. The Kier molecular flexibility index (Phi) is 6.50. The van der Waals surface area contributed by atoms with Crippen LogP contribution in [0.3, 0.4) is 0 Å². The highest BCUT2D eigenvalue weighted by Crippen LogP contribution is 2.43. The maximum absolute atomic E-state index is 6.35. The van der Waals surface area contributed by atoms with Gasteiger partial charge in [-0.1, -0.05) is 26.0 Å². The number of aromatic nitrogens is 7. The standard InChI is InChI=1S/C24H24N8O.C2H6/c1-13-10-11-26-24(29-13)33-17-8-6-16(7-9-17)18-19-22(25)27-12-28-23(19)31(4)21(18)20-14(2)15(3)30-32(20)5;1-2/h6-12H,1-5H3,(H2,25,27,28);1-2H3. The molecule has 4 aromatic heterocycles. The van der Waals surface area contributed by atoms with E-state index in [9.17, 15) is 0 Å².